The average molecular weight is 410 g/mol. The summed E-state index contributed by atoms with van der Waals surface area (Å²) in [6, 6.07) is 10.0. The monoisotopic (exact) mass is 409 g/mol. The van der Waals surface area contributed by atoms with Gasteiger partial charge in [0.1, 0.15) is 0 Å². The van der Waals surface area contributed by atoms with E-state index in [1.165, 1.54) is 0 Å². The van der Waals surface area contributed by atoms with Crippen molar-refractivity contribution in [2.24, 2.45) is 0 Å². The van der Waals surface area contributed by atoms with Crippen LogP contribution < -0.4 is 5.32 Å². The van der Waals surface area contributed by atoms with E-state index >= 15 is 0 Å². The van der Waals surface area contributed by atoms with Gasteiger partial charge in [0, 0.05) is 6.42 Å². The summed E-state index contributed by atoms with van der Waals surface area (Å²) in [5.41, 5.74) is 4.45. The van der Waals surface area contributed by atoms with Crippen LogP contribution in [-0.2, 0) is 13.0 Å². The van der Waals surface area contributed by atoms with Crippen molar-refractivity contribution >= 4 is 32.3 Å². The highest BCUT2D eigenvalue weighted by Crippen LogP contribution is 2.30. The second kappa shape index (κ2) is 7.70. The topological polar surface area (TPSA) is 95.6 Å². The third kappa shape index (κ3) is 3.83. The molecule has 1 fully saturated rings. The maximum atomic E-state index is 10.2. The first-order chi connectivity index (χ1) is 14.2. The van der Waals surface area contributed by atoms with Crippen molar-refractivity contribution < 1.29 is 10.2 Å². The van der Waals surface area contributed by atoms with Gasteiger partial charge in [-0.25, -0.2) is 14.5 Å². The Morgan fingerprint density at radius 1 is 1.10 bits per heavy atom. The number of aliphatic hydroxyl groups is 2. The van der Waals surface area contributed by atoms with Crippen LogP contribution in [0.25, 0.3) is 15.9 Å². The molecule has 0 radical (unpaired) electrons. The maximum absolute atomic E-state index is 10.2. The quantitative estimate of drug-likeness (QED) is 0.469. The highest BCUT2D eigenvalue weighted by molar-refractivity contribution is 7.22. The molecule has 1 aromatic carbocycles. The van der Waals surface area contributed by atoms with Gasteiger partial charge in [-0.05, 0) is 42.7 Å². The number of fused-ring (bicyclic) bond motifs is 2. The summed E-state index contributed by atoms with van der Waals surface area (Å²) < 4.78 is 2.84. The highest BCUT2D eigenvalue weighted by atomic mass is 32.1. The molecule has 3 heterocycles. The first-order valence-electron chi connectivity index (χ1n) is 9.97. The van der Waals surface area contributed by atoms with Gasteiger partial charge in [0.25, 0.3) is 0 Å². The number of anilines is 1. The molecular formula is C21H23N5O2S. The number of rotatable bonds is 5. The minimum absolute atomic E-state index is 0.0836. The van der Waals surface area contributed by atoms with Gasteiger partial charge in [0.05, 0.1) is 46.6 Å². The minimum Gasteiger partial charge on any atom is -0.391 e. The van der Waals surface area contributed by atoms with Crippen molar-refractivity contribution in [3.8, 4) is 0 Å². The summed E-state index contributed by atoms with van der Waals surface area (Å²) in [7, 11) is 0. The summed E-state index contributed by atoms with van der Waals surface area (Å²) >= 11 is 1.63. The van der Waals surface area contributed by atoms with E-state index in [0.29, 0.717) is 12.1 Å². The van der Waals surface area contributed by atoms with E-state index in [4.69, 9.17) is 0 Å². The molecule has 5 rings (SSSR count). The molecule has 0 saturated heterocycles. The SMILES string of the molecule is OCc1ccc2nc(Cc3ccc4nc(NC5CCCCC5O)sc4c3)cn2n1. The zero-order chi connectivity index (χ0) is 19.8. The Bertz CT molecular complexity index is 1150. The number of aromatic nitrogens is 4. The van der Waals surface area contributed by atoms with Crippen molar-refractivity contribution in [2.75, 3.05) is 5.32 Å². The van der Waals surface area contributed by atoms with Gasteiger partial charge in [0.15, 0.2) is 10.8 Å². The molecule has 7 nitrogen and oxygen atoms in total. The van der Waals surface area contributed by atoms with E-state index in [2.05, 4.69) is 32.5 Å². The predicted molar refractivity (Wildman–Crippen MR) is 113 cm³/mol. The van der Waals surface area contributed by atoms with Gasteiger partial charge in [-0.2, -0.15) is 5.10 Å². The molecule has 0 amide bonds. The summed E-state index contributed by atoms with van der Waals surface area (Å²) in [5.74, 6) is 0. The standard InChI is InChI=1S/C21H23N5O2S/c27-12-14-6-8-20-22-15(11-26(20)25-14)9-13-5-7-17-19(10-13)29-21(24-17)23-16-3-1-2-4-18(16)28/h5-8,10-11,16,18,27-28H,1-4,9,12H2,(H,23,24). The fourth-order valence-electron chi connectivity index (χ4n) is 3.93. The molecule has 2 unspecified atom stereocenters. The molecule has 1 saturated carbocycles. The molecule has 2 atom stereocenters. The summed E-state index contributed by atoms with van der Waals surface area (Å²) in [6.07, 6.45) is 6.42. The van der Waals surface area contributed by atoms with Crippen LogP contribution in [0.5, 0.6) is 0 Å². The molecule has 1 aliphatic rings. The van der Waals surface area contributed by atoms with Gasteiger partial charge in [-0.3, -0.25) is 0 Å². The summed E-state index contributed by atoms with van der Waals surface area (Å²) in [4.78, 5) is 9.31. The lowest BCUT2D eigenvalue weighted by molar-refractivity contribution is 0.116. The van der Waals surface area contributed by atoms with Crippen molar-refractivity contribution in [1.82, 2.24) is 19.6 Å². The number of hydrogen-bond donors (Lipinski definition) is 3. The molecule has 3 N–H and O–H groups in total. The first kappa shape index (κ1) is 18.5. The Balaban J connectivity index is 1.35. The lowest BCUT2D eigenvalue weighted by Gasteiger charge is -2.27. The third-order valence-electron chi connectivity index (χ3n) is 5.46. The van der Waals surface area contributed by atoms with Crippen LogP contribution in [0.2, 0.25) is 0 Å². The van der Waals surface area contributed by atoms with Gasteiger partial charge in [0.2, 0.25) is 0 Å². The third-order valence-corrected chi connectivity index (χ3v) is 6.41. The largest absolute Gasteiger partial charge is 0.391 e. The van der Waals surface area contributed by atoms with Crippen molar-refractivity contribution in [2.45, 2.75) is 50.9 Å². The van der Waals surface area contributed by atoms with Crippen molar-refractivity contribution in [3.63, 3.8) is 0 Å². The smallest absolute Gasteiger partial charge is 0.184 e. The number of benzene rings is 1. The number of hydrogen-bond acceptors (Lipinski definition) is 7. The number of imidazole rings is 1. The van der Waals surface area contributed by atoms with Crippen LogP contribution in [0.4, 0.5) is 5.13 Å². The Morgan fingerprint density at radius 2 is 2.00 bits per heavy atom. The second-order valence-corrected chi connectivity index (χ2v) is 8.65. The number of thiazole rings is 1. The lowest BCUT2D eigenvalue weighted by atomic mass is 9.93. The molecule has 29 heavy (non-hydrogen) atoms. The Morgan fingerprint density at radius 3 is 2.86 bits per heavy atom. The molecule has 150 valence electrons. The summed E-state index contributed by atoms with van der Waals surface area (Å²) in [5, 5.41) is 28.1. The second-order valence-electron chi connectivity index (χ2n) is 7.62. The van der Waals surface area contributed by atoms with Crippen LogP contribution in [-0.4, -0.2) is 41.9 Å². The van der Waals surface area contributed by atoms with Crippen LogP contribution in [0, 0.1) is 0 Å². The molecule has 1 aliphatic carbocycles. The highest BCUT2D eigenvalue weighted by Gasteiger charge is 2.23. The van der Waals surface area contributed by atoms with Crippen molar-refractivity contribution in [1.29, 1.82) is 0 Å². The Kier molecular flexibility index (Phi) is 4.91. The van der Waals surface area contributed by atoms with E-state index in [1.807, 2.05) is 18.3 Å². The predicted octanol–water partition coefficient (Wildman–Crippen LogP) is 3.14. The number of nitrogens with zero attached hydrogens (tertiary/aromatic N) is 4. The number of aliphatic hydroxyl groups excluding tert-OH is 2. The molecule has 0 bridgehead atoms. The van der Waals surface area contributed by atoms with E-state index in [1.54, 1.807) is 21.9 Å². The fourth-order valence-corrected chi connectivity index (χ4v) is 4.92. The first-order valence-corrected chi connectivity index (χ1v) is 10.8. The van der Waals surface area contributed by atoms with Crippen LogP contribution in [0.15, 0.2) is 36.5 Å². The fraction of sp³-hybridized carbons (Fsp3) is 0.381. The Labute approximate surface area is 172 Å². The normalized spacial score (nSPS) is 19.8. The maximum Gasteiger partial charge on any atom is 0.184 e. The van der Waals surface area contributed by atoms with E-state index in [0.717, 1.165) is 57.9 Å². The van der Waals surface area contributed by atoms with Crippen LogP contribution in [0.1, 0.15) is 42.6 Å². The van der Waals surface area contributed by atoms with Crippen molar-refractivity contribution in [3.05, 3.63) is 53.5 Å². The van der Waals surface area contributed by atoms with Crippen LogP contribution in [0.3, 0.4) is 0 Å². The molecule has 8 heteroatoms. The minimum atomic E-state index is -0.290. The number of nitrogens with one attached hydrogen (secondary N) is 1. The Hall–Kier alpha value is -2.55. The molecular weight excluding hydrogens is 386 g/mol. The van der Waals surface area contributed by atoms with E-state index in [-0.39, 0.29) is 18.8 Å². The average Bonchev–Trinajstić information content (AvgIpc) is 3.31. The summed E-state index contributed by atoms with van der Waals surface area (Å²) in [6.45, 7) is -0.0836. The van der Waals surface area contributed by atoms with Gasteiger partial charge >= 0.3 is 0 Å². The van der Waals surface area contributed by atoms with Gasteiger partial charge < -0.3 is 15.5 Å². The van der Waals surface area contributed by atoms with E-state index in [9.17, 15) is 10.2 Å². The molecule has 0 spiro atoms. The molecule has 0 aliphatic heterocycles. The molecule has 4 aromatic rings. The zero-order valence-corrected chi connectivity index (χ0v) is 16.8. The van der Waals surface area contributed by atoms with Gasteiger partial charge in [-0.1, -0.05) is 30.2 Å². The molecule has 3 aromatic heterocycles. The zero-order valence-electron chi connectivity index (χ0n) is 16.0. The lowest BCUT2D eigenvalue weighted by Crippen LogP contribution is -2.36. The van der Waals surface area contributed by atoms with Gasteiger partial charge in [-0.15, -0.1) is 0 Å². The van der Waals surface area contributed by atoms with Crippen LogP contribution >= 0.6 is 11.3 Å². The van der Waals surface area contributed by atoms with E-state index < -0.39 is 0 Å².